The first-order chi connectivity index (χ1) is 18.9. The quantitative estimate of drug-likeness (QED) is 0.220. The van der Waals surface area contributed by atoms with E-state index in [9.17, 15) is 90.1 Å². The van der Waals surface area contributed by atoms with Gasteiger partial charge in [-0.15, -0.1) is 0 Å². The second-order valence-electron chi connectivity index (χ2n) is 8.27. The van der Waals surface area contributed by atoms with Gasteiger partial charge in [-0.1, -0.05) is 0 Å². The molecule has 0 saturated carbocycles. The Bertz CT molecular complexity index is 1070. The minimum absolute atomic E-state index is 0.886. The van der Waals surface area contributed by atoms with Crippen molar-refractivity contribution in [1.29, 1.82) is 0 Å². The lowest BCUT2D eigenvalue weighted by Crippen LogP contribution is -2.66. The number of esters is 3. The Morgan fingerprint density at radius 2 is 0.884 bits per heavy atom. The zero-order valence-corrected chi connectivity index (χ0v) is 20.3. The maximum absolute atomic E-state index is 13.6. The molecule has 1 rings (SSSR count). The van der Waals surface area contributed by atoms with Gasteiger partial charge in [-0.3, -0.25) is 0 Å². The normalized spacial score (nSPS) is 24.4. The molecule has 25 heteroatoms. The summed E-state index contributed by atoms with van der Waals surface area (Å²) in [4.78, 5) is 46.6. The van der Waals surface area contributed by atoms with Crippen LogP contribution in [0.1, 0.15) is 13.8 Å². The summed E-state index contributed by atoms with van der Waals surface area (Å²) in [5, 5.41) is 9.25. The number of halogens is 15. The Kier molecular flexibility index (Phi) is 10.6. The van der Waals surface area contributed by atoms with E-state index in [-0.39, 0.29) is 0 Å². The second kappa shape index (κ2) is 12.0. The van der Waals surface area contributed by atoms with Gasteiger partial charge in [-0.2, -0.15) is 65.9 Å². The van der Waals surface area contributed by atoms with Crippen LogP contribution in [-0.2, 0) is 42.9 Å². The standard InChI is InChI=1S/C18H13F15O10/c1-3(2)39-9-7(43-12(38)15(23,24)18(31,32)33)5(42-11(37)14(21,22)17(28,29)30)4(6(40-9)8(34)35)41-10(36)13(19,20)16(25,26)27/h3-7,9H,1-2H3,(H,34,35). The number of carboxylic acid groups (broad SMARTS) is 1. The fourth-order valence-electron chi connectivity index (χ4n) is 2.72. The summed E-state index contributed by atoms with van der Waals surface area (Å²) in [6.45, 7) is 1.77. The van der Waals surface area contributed by atoms with Crippen LogP contribution < -0.4 is 0 Å². The Balaban J connectivity index is 3.92. The Morgan fingerprint density at radius 3 is 1.16 bits per heavy atom. The zero-order valence-electron chi connectivity index (χ0n) is 20.3. The van der Waals surface area contributed by atoms with Crippen LogP contribution in [0.3, 0.4) is 0 Å². The fraction of sp³-hybridized carbons (Fsp3) is 0.778. The van der Waals surface area contributed by atoms with Crippen molar-refractivity contribution in [2.75, 3.05) is 0 Å². The molecule has 1 aliphatic heterocycles. The van der Waals surface area contributed by atoms with Gasteiger partial charge in [0, 0.05) is 0 Å². The Labute approximate surface area is 225 Å². The third-order valence-electron chi connectivity index (χ3n) is 4.71. The summed E-state index contributed by atoms with van der Waals surface area (Å²) in [5.74, 6) is -34.5. The van der Waals surface area contributed by atoms with E-state index in [1.807, 2.05) is 0 Å². The lowest BCUT2D eigenvalue weighted by Gasteiger charge is -2.44. The highest BCUT2D eigenvalue weighted by Crippen LogP contribution is 2.42. The largest absolute Gasteiger partial charge is 0.479 e. The fourth-order valence-corrected chi connectivity index (χ4v) is 2.72. The summed E-state index contributed by atoms with van der Waals surface area (Å²) in [7, 11) is 0. The van der Waals surface area contributed by atoms with Crippen molar-refractivity contribution in [2.45, 2.75) is 87.0 Å². The molecule has 1 heterocycles. The van der Waals surface area contributed by atoms with Gasteiger partial charge >= 0.3 is 60.2 Å². The molecule has 0 aromatic heterocycles. The summed E-state index contributed by atoms with van der Waals surface area (Å²) >= 11 is 0. The molecule has 0 radical (unpaired) electrons. The van der Waals surface area contributed by atoms with E-state index in [1.165, 1.54) is 0 Å². The molecule has 0 spiro atoms. The maximum atomic E-state index is 13.6. The molecule has 0 aliphatic carbocycles. The molecule has 0 aromatic carbocycles. The van der Waals surface area contributed by atoms with Crippen LogP contribution in [0.4, 0.5) is 65.9 Å². The van der Waals surface area contributed by atoms with E-state index in [0.717, 1.165) is 13.8 Å². The third kappa shape index (κ3) is 7.83. The predicted molar refractivity (Wildman–Crippen MR) is 95.2 cm³/mol. The highest BCUT2D eigenvalue weighted by Gasteiger charge is 2.70. The van der Waals surface area contributed by atoms with Crippen molar-refractivity contribution < 1.29 is 114 Å². The van der Waals surface area contributed by atoms with E-state index in [2.05, 4.69) is 23.7 Å². The third-order valence-corrected chi connectivity index (χ3v) is 4.71. The lowest BCUT2D eigenvalue weighted by atomic mass is 9.97. The van der Waals surface area contributed by atoms with Crippen LogP contribution in [0.5, 0.6) is 0 Å². The number of hydrogen-bond acceptors (Lipinski definition) is 9. The molecule has 1 aliphatic rings. The van der Waals surface area contributed by atoms with Gasteiger partial charge in [-0.25, -0.2) is 19.2 Å². The van der Waals surface area contributed by atoms with Crippen molar-refractivity contribution in [3.8, 4) is 0 Å². The molecule has 43 heavy (non-hydrogen) atoms. The van der Waals surface area contributed by atoms with Crippen LogP contribution in [0.2, 0.25) is 0 Å². The van der Waals surface area contributed by atoms with Gasteiger partial charge in [0.2, 0.25) is 0 Å². The topological polar surface area (TPSA) is 135 Å². The molecule has 0 aromatic rings. The SMILES string of the molecule is CC(C)OC1OC(C(=O)O)C(OC(=O)C(F)(F)C(F)(F)F)C(OC(=O)C(F)(F)C(F)(F)F)C1OC(=O)C(F)(F)C(F)(F)F. The van der Waals surface area contributed by atoms with E-state index in [1.54, 1.807) is 0 Å². The van der Waals surface area contributed by atoms with Crippen LogP contribution in [0.25, 0.3) is 0 Å². The van der Waals surface area contributed by atoms with Crippen LogP contribution in [0.15, 0.2) is 0 Å². The number of ether oxygens (including phenoxy) is 5. The van der Waals surface area contributed by atoms with Gasteiger partial charge in [0.25, 0.3) is 0 Å². The van der Waals surface area contributed by atoms with Gasteiger partial charge in [-0.05, 0) is 13.8 Å². The number of carboxylic acids is 1. The molecule has 1 saturated heterocycles. The monoisotopic (exact) mass is 674 g/mol. The minimum Gasteiger partial charge on any atom is -0.479 e. The van der Waals surface area contributed by atoms with Crippen molar-refractivity contribution in [2.24, 2.45) is 0 Å². The van der Waals surface area contributed by atoms with E-state index in [4.69, 9.17) is 0 Å². The first-order valence-corrected chi connectivity index (χ1v) is 10.4. The summed E-state index contributed by atoms with van der Waals surface area (Å²) in [5.41, 5.74) is 0. The Hall–Kier alpha value is -3.25. The molecular formula is C18H13F15O10. The molecule has 5 unspecified atom stereocenters. The lowest BCUT2D eigenvalue weighted by molar-refractivity contribution is -0.333. The van der Waals surface area contributed by atoms with Crippen molar-refractivity contribution in [1.82, 2.24) is 0 Å². The highest BCUT2D eigenvalue weighted by molar-refractivity contribution is 5.82. The number of aliphatic carboxylic acids is 1. The molecule has 0 amide bonds. The number of hydrogen-bond donors (Lipinski definition) is 1. The smallest absolute Gasteiger partial charge is 0.465 e. The van der Waals surface area contributed by atoms with Crippen molar-refractivity contribution in [3.63, 3.8) is 0 Å². The summed E-state index contributed by atoms with van der Waals surface area (Å²) in [6, 6.07) is 0. The number of rotatable bonds is 9. The predicted octanol–water partition coefficient (Wildman–Crippen LogP) is 3.55. The average molecular weight is 674 g/mol. The molecule has 250 valence electrons. The molecule has 0 bridgehead atoms. The molecule has 10 nitrogen and oxygen atoms in total. The number of alkyl halides is 15. The molecular weight excluding hydrogens is 661 g/mol. The average Bonchev–Trinajstić information content (AvgIpc) is 2.79. The number of carbonyl (C=O) groups is 4. The summed E-state index contributed by atoms with van der Waals surface area (Å²) in [6.07, 6.45) is -40.2. The highest BCUT2D eigenvalue weighted by atomic mass is 19.4. The van der Waals surface area contributed by atoms with Gasteiger partial charge in [0.15, 0.2) is 30.7 Å². The molecule has 1 N–H and O–H groups in total. The van der Waals surface area contributed by atoms with E-state index >= 15 is 0 Å². The van der Waals surface area contributed by atoms with Gasteiger partial charge in [0.1, 0.15) is 0 Å². The van der Waals surface area contributed by atoms with Crippen LogP contribution in [-0.4, -0.2) is 102 Å². The van der Waals surface area contributed by atoms with Crippen molar-refractivity contribution in [3.05, 3.63) is 0 Å². The Morgan fingerprint density at radius 1 is 0.581 bits per heavy atom. The zero-order chi connectivity index (χ0) is 34.3. The summed E-state index contributed by atoms with van der Waals surface area (Å²) < 4.78 is 215. The maximum Gasteiger partial charge on any atom is 0.465 e. The first kappa shape index (κ1) is 37.8. The second-order valence-corrected chi connectivity index (χ2v) is 8.27. The van der Waals surface area contributed by atoms with Gasteiger partial charge in [0.05, 0.1) is 6.10 Å². The van der Waals surface area contributed by atoms with Crippen molar-refractivity contribution >= 4 is 23.9 Å². The van der Waals surface area contributed by atoms with Crippen LogP contribution in [0, 0.1) is 0 Å². The number of carbonyl (C=O) groups excluding carboxylic acids is 3. The van der Waals surface area contributed by atoms with Crippen LogP contribution >= 0.6 is 0 Å². The molecule has 5 atom stereocenters. The van der Waals surface area contributed by atoms with E-state index in [0.29, 0.717) is 0 Å². The van der Waals surface area contributed by atoms with Gasteiger partial charge < -0.3 is 28.8 Å². The van der Waals surface area contributed by atoms with E-state index < -0.39 is 97.0 Å². The minimum atomic E-state index is -6.94. The molecule has 1 fully saturated rings. The first-order valence-electron chi connectivity index (χ1n) is 10.4.